The molecule has 1 aliphatic carbocycles. The molecule has 0 radical (unpaired) electrons. The summed E-state index contributed by atoms with van der Waals surface area (Å²) in [7, 11) is -1.44. The summed E-state index contributed by atoms with van der Waals surface area (Å²) < 4.78 is 37.6. The van der Waals surface area contributed by atoms with Gasteiger partial charge in [0.15, 0.2) is 0 Å². The van der Waals surface area contributed by atoms with Gasteiger partial charge in [0, 0.05) is 6.08 Å². The summed E-state index contributed by atoms with van der Waals surface area (Å²) in [5.41, 5.74) is 0.719. The summed E-state index contributed by atoms with van der Waals surface area (Å²) in [5.74, 6) is -0.726. The van der Waals surface area contributed by atoms with Crippen LogP contribution in [-0.2, 0) is 24.3 Å². The SMILES string of the molecule is COC(=O)[C@@]12C=CC(=O)N(S(=O)(=O)c3ccc(OC)cc3)[C@@H]1CC(C)=C(C)C2. The molecular weight excluding hydrogens is 382 g/mol. The quantitative estimate of drug-likeness (QED) is 0.565. The Morgan fingerprint density at radius 1 is 1.14 bits per heavy atom. The standard InChI is InChI=1S/C20H23NO6S/c1-13-11-17-20(12-14(13)2,19(23)27-4)10-9-18(22)21(17)28(24,25)16-7-5-15(26-3)6-8-16/h5-10,17H,11-12H2,1-4H3/t17-,20-/m1/s1. The molecule has 1 amide bonds. The number of rotatable bonds is 4. The number of methoxy groups -OCH3 is 2. The zero-order valence-electron chi connectivity index (χ0n) is 16.3. The molecule has 8 heteroatoms. The minimum absolute atomic E-state index is 0.0420. The van der Waals surface area contributed by atoms with E-state index in [1.165, 1.54) is 44.6 Å². The first-order valence-electron chi connectivity index (χ1n) is 8.82. The van der Waals surface area contributed by atoms with Crippen molar-refractivity contribution in [1.82, 2.24) is 4.31 Å². The lowest BCUT2D eigenvalue weighted by Crippen LogP contribution is -2.59. The number of hydrogen-bond donors (Lipinski definition) is 0. The van der Waals surface area contributed by atoms with Crippen LogP contribution < -0.4 is 4.74 Å². The predicted molar refractivity (Wildman–Crippen MR) is 102 cm³/mol. The third kappa shape index (κ3) is 3.01. The number of fused-ring (bicyclic) bond motifs is 1. The Labute approximate surface area is 164 Å². The van der Waals surface area contributed by atoms with Gasteiger partial charge in [-0.25, -0.2) is 12.7 Å². The number of sulfonamides is 1. The van der Waals surface area contributed by atoms with Gasteiger partial charge < -0.3 is 9.47 Å². The van der Waals surface area contributed by atoms with Crippen LogP contribution in [0, 0.1) is 5.41 Å². The molecule has 0 fully saturated rings. The fourth-order valence-electron chi connectivity index (χ4n) is 3.88. The zero-order valence-corrected chi connectivity index (χ0v) is 17.1. The Morgan fingerprint density at radius 2 is 1.79 bits per heavy atom. The number of carbonyl (C=O) groups excluding carboxylic acids is 2. The van der Waals surface area contributed by atoms with Gasteiger partial charge >= 0.3 is 5.97 Å². The number of ether oxygens (including phenoxy) is 2. The Balaban J connectivity index is 2.15. The molecule has 0 bridgehead atoms. The van der Waals surface area contributed by atoms with Gasteiger partial charge in [0.05, 0.1) is 25.2 Å². The molecule has 0 N–H and O–H groups in total. The number of nitrogens with zero attached hydrogens (tertiary/aromatic N) is 1. The Hall–Kier alpha value is -2.61. The number of carbonyl (C=O) groups is 2. The van der Waals surface area contributed by atoms with Crippen LogP contribution in [0.25, 0.3) is 0 Å². The van der Waals surface area contributed by atoms with Crippen molar-refractivity contribution in [1.29, 1.82) is 0 Å². The lowest BCUT2D eigenvalue weighted by atomic mass is 9.67. The van der Waals surface area contributed by atoms with Gasteiger partial charge in [-0.3, -0.25) is 9.59 Å². The predicted octanol–water partition coefficient (Wildman–Crippen LogP) is 2.44. The summed E-state index contributed by atoms with van der Waals surface area (Å²) in [6, 6.07) is 4.92. The van der Waals surface area contributed by atoms with E-state index < -0.39 is 33.4 Å². The normalized spacial score (nSPS) is 24.8. The van der Waals surface area contributed by atoms with E-state index in [4.69, 9.17) is 9.47 Å². The van der Waals surface area contributed by atoms with Crippen LogP contribution in [0.1, 0.15) is 26.7 Å². The average Bonchev–Trinajstić information content (AvgIpc) is 2.68. The molecule has 0 saturated carbocycles. The summed E-state index contributed by atoms with van der Waals surface area (Å²) >= 11 is 0. The summed E-state index contributed by atoms with van der Waals surface area (Å²) in [6.07, 6.45) is 3.23. The smallest absolute Gasteiger partial charge is 0.318 e. The third-order valence-electron chi connectivity index (χ3n) is 5.59. The second-order valence-electron chi connectivity index (χ2n) is 7.14. The second-order valence-corrected chi connectivity index (χ2v) is 8.95. The van der Waals surface area contributed by atoms with Crippen molar-refractivity contribution in [2.75, 3.05) is 14.2 Å². The average molecular weight is 405 g/mol. The van der Waals surface area contributed by atoms with Crippen molar-refractivity contribution >= 4 is 21.9 Å². The van der Waals surface area contributed by atoms with Crippen LogP contribution in [0.5, 0.6) is 5.75 Å². The van der Waals surface area contributed by atoms with Crippen molar-refractivity contribution in [2.45, 2.75) is 37.6 Å². The maximum absolute atomic E-state index is 13.4. The van der Waals surface area contributed by atoms with Gasteiger partial charge in [0.25, 0.3) is 15.9 Å². The molecule has 150 valence electrons. The first kappa shape index (κ1) is 20.1. The Bertz CT molecular complexity index is 976. The molecule has 0 aromatic heterocycles. The highest BCUT2D eigenvalue weighted by molar-refractivity contribution is 7.89. The Kier molecular flexibility index (Phi) is 5.10. The van der Waals surface area contributed by atoms with Crippen LogP contribution >= 0.6 is 0 Å². The maximum Gasteiger partial charge on any atom is 0.318 e. The summed E-state index contributed by atoms with van der Waals surface area (Å²) in [5, 5.41) is 0. The van der Waals surface area contributed by atoms with Crippen LogP contribution in [0.2, 0.25) is 0 Å². The second kappa shape index (κ2) is 7.09. The van der Waals surface area contributed by atoms with Gasteiger partial charge in [-0.1, -0.05) is 17.2 Å². The minimum atomic E-state index is -4.18. The van der Waals surface area contributed by atoms with E-state index in [1.807, 2.05) is 13.8 Å². The maximum atomic E-state index is 13.4. The molecule has 1 heterocycles. The minimum Gasteiger partial charge on any atom is -0.497 e. The van der Waals surface area contributed by atoms with Crippen LogP contribution in [-0.4, -0.2) is 44.9 Å². The van der Waals surface area contributed by atoms with Gasteiger partial charge in [-0.05, 0) is 51.0 Å². The van der Waals surface area contributed by atoms with E-state index in [0.29, 0.717) is 12.2 Å². The highest BCUT2D eigenvalue weighted by atomic mass is 32.2. The fraction of sp³-hybridized carbons (Fsp3) is 0.400. The van der Waals surface area contributed by atoms with Gasteiger partial charge in [-0.15, -0.1) is 0 Å². The van der Waals surface area contributed by atoms with Crippen LogP contribution in [0.3, 0.4) is 0 Å². The Morgan fingerprint density at radius 3 is 2.36 bits per heavy atom. The molecule has 28 heavy (non-hydrogen) atoms. The molecule has 2 aliphatic rings. The van der Waals surface area contributed by atoms with Gasteiger partial charge in [0.1, 0.15) is 11.2 Å². The number of benzene rings is 1. The topological polar surface area (TPSA) is 90.0 Å². The summed E-state index contributed by atoms with van der Waals surface area (Å²) in [6.45, 7) is 3.79. The number of hydrogen-bond acceptors (Lipinski definition) is 6. The highest BCUT2D eigenvalue weighted by Gasteiger charge is 2.56. The molecule has 1 aliphatic heterocycles. The van der Waals surface area contributed by atoms with E-state index in [9.17, 15) is 18.0 Å². The van der Waals surface area contributed by atoms with Gasteiger partial charge in [0.2, 0.25) is 0 Å². The molecule has 0 spiro atoms. The van der Waals surface area contributed by atoms with E-state index in [-0.39, 0.29) is 11.3 Å². The first-order valence-corrected chi connectivity index (χ1v) is 10.3. The van der Waals surface area contributed by atoms with E-state index in [2.05, 4.69) is 0 Å². The molecule has 7 nitrogen and oxygen atoms in total. The lowest BCUT2D eigenvalue weighted by Gasteiger charge is -2.47. The van der Waals surface area contributed by atoms with Crippen molar-refractivity contribution < 1.29 is 27.5 Å². The molecule has 3 rings (SSSR count). The largest absolute Gasteiger partial charge is 0.497 e. The monoisotopic (exact) mass is 405 g/mol. The van der Waals surface area contributed by atoms with E-state index >= 15 is 0 Å². The summed E-state index contributed by atoms with van der Waals surface area (Å²) in [4.78, 5) is 25.4. The van der Waals surface area contributed by atoms with Gasteiger partial charge in [-0.2, -0.15) is 0 Å². The molecule has 1 aromatic rings. The van der Waals surface area contributed by atoms with Crippen molar-refractivity contribution in [3.8, 4) is 5.75 Å². The highest BCUT2D eigenvalue weighted by Crippen LogP contribution is 2.47. The zero-order chi connectivity index (χ0) is 20.7. The molecule has 0 saturated heterocycles. The van der Waals surface area contributed by atoms with Crippen molar-refractivity contribution in [2.24, 2.45) is 5.41 Å². The van der Waals surface area contributed by atoms with Crippen LogP contribution in [0.4, 0.5) is 0 Å². The van der Waals surface area contributed by atoms with Crippen LogP contribution in [0.15, 0.2) is 52.5 Å². The lowest BCUT2D eigenvalue weighted by molar-refractivity contribution is -0.154. The number of allylic oxidation sites excluding steroid dienone is 1. The number of amides is 1. The van der Waals surface area contributed by atoms with Crippen molar-refractivity contribution in [3.05, 3.63) is 47.6 Å². The van der Waals surface area contributed by atoms with E-state index in [1.54, 1.807) is 0 Å². The first-order chi connectivity index (χ1) is 13.2. The number of esters is 1. The molecule has 1 aromatic carbocycles. The molecular formula is C20H23NO6S. The van der Waals surface area contributed by atoms with Crippen molar-refractivity contribution in [3.63, 3.8) is 0 Å². The molecule has 2 atom stereocenters. The molecule has 0 unspecified atom stereocenters. The third-order valence-corrected chi connectivity index (χ3v) is 7.41. The van der Waals surface area contributed by atoms with E-state index in [0.717, 1.165) is 21.5 Å². The fourth-order valence-corrected chi connectivity index (χ4v) is 5.48.